The molecule has 0 nitrogen and oxygen atoms in total. The van der Waals surface area contributed by atoms with Gasteiger partial charge in [0.05, 0.1) is 5.38 Å². The summed E-state index contributed by atoms with van der Waals surface area (Å²) in [6.45, 7) is 2.19. The first-order chi connectivity index (χ1) is 4.81. The Morgan fingerprint density at radius 1 is 1.70 bits per heavy atom. The smallest absolute Gasteiger partial charge is 0.0614 e. The molecule has 0 radical (unpaired) electrons. The lowest BCUT2D eigenvalue weighted by Gasteiger charge is -2.37. The second kappa shape index (κ2) is 2.13. The van der Waals surface area contributed by atoms with Gasteiger partial charge in [-0.25, -0.2) is 0 Å². The maximum absolute atomic E-state index is 6.03. The van der Waals surface area contributed by atoms with Gasteiger partial charge in [-0.15, -0.1) is 11.6 Å². The average molecular weight is 155 g/mol. The summed E-state index contributed by atoms with van der Waals surface area (Å²) >= 11 is 6.03. The summed E-state index contributed by atoms with van der Waals surface area (Å²) < 4.78 is 0. The fourth-order valence-corrected chi connectivity index (χ4v) is 1.98. The molecule has 10 heavy (non-hydrogen) atoms. The van der Waals surface area contributed by atoms with Crippen LogP contribution in [0, 0.1) is 5.92 Å². The number of fused-ring (bicyclic) bond motifs is 1. The summed E-state index contributed by atoms with van der Waals surface area (Å²) in [7, 11) is 0. The first-order valence-electron chi connectivity index (χ1n) is 3.86. The molecule has 0 spiro atoms. The van der Waals surface area contributed by atoms with Crippen LogP contribution in [0.5, 0.6) is 0 Å². The molecular formula is C9H11Cl. The van der Waals surface area contributed by atoms with Gasteiger partial charge in [-0.05, 0) is 12.8 Å². The summed E-state index contributed by atoms with van der Waals surface area (Å²) in [5.41, 5.74) is 2.93. The van der Waals surface area contributed by atoms with E-state index >= 15 is 0 Å². The minimum absolute atomic E-state index is 0.343. The van der Waals surface area contributed by atoms with Crippen molar-refractivity contribution < 1.29 is 0 Å². The number of hydrogen-bond donors (Lipinski definition) is 0. The summed E-state index contributed by atoms with van der Waals surface area (Å²) in [5, 5.41) is 0.343. The molecule has 1 fully saturated rings. The van der Waals surface area contributed by atoms with Crippen LogP contribution in [-0.2, 0) is 0 Å². The van der Waals surface area contributed by atoms with Gasteiger partial charge in [-0.2, -0.15) is 0 Å². The van der Waals surface area contributed by atoms with Gasteiger partial charge < -0.3 is 0 Å². The summed E-state index contributed by atoms with van der Waals surface area (Å²) in [6, 6.07) is 0. The van der Waals surface area contributed by atoms with Crippen molar-refractivity contribution >= 4 is 11.6 Å². The van der Waals surface area contributed by atoms with Crippen LogP contribution in [0.25, 0.3) is 0 Å². The zero-order valence-corrected chi connectivity index (χ0v) is 6.86. The van der Waals surface area contributed by atoms with E-state index in [1.54, 1.807) is 0 Å². The zero-order valence-electron chi connectivity index (χ0n) is 6.10. The number of hydrogen-bond acceptors (Lipinski definition) is 0. The lowest BCUT2D eigenvalue weighted by atomic mass is 9.73. The Balaban J connectivity index is 2.22. The topological polar surface area (TPSA) is 0 Å². The van der Waals surface area contributed by atoms with Crippen LogP contribution in [0.2, 0.25) is 0 Å². The van der Waals surface area contributed by atoms with Crippen molar-refractivity contribution in [1.29, 1.82) is 0 Å². The normalized spacial score (nSPS) is 36.2. The van der Waals surface area contributed by atoms with Gasteiger partial charge >= 0.3 is 0 Å². The Hall–Kier alpha value is -0.230. The Labute approximate surface area is 66.6 Å². The maximum Gasteiger partial charge on any atom is 0.0614 e. The Bertz CT molecular complexity index is 213. The van der Waals surface area contributed by atoms with Crippen molar-refractivity contribution in [2.24, 2.45) is 5.92 Å². The quantitative estimate of drug-likeness (QED) is 0.510. The summed E-state index contributed by atoms with van der Waals surface area (Å²) in [5.74, 6) is 0.664. The highest BCUT2D eigenvalue weighted by atomic mass is 35.5. The van der Waals surface area contributed by atoms with Crippen LogP contribution in [0.15, 0.2) is 23.3 Å². The van der Waals surface area contributed by atoms with Gasteiger partial charge in [0.15, 0.2) is 0 Å². The average Bonchev–Trinajstić information content (AvgIpc) is 2.04. The van der Waals surface area contributed by atoms with E-state index in [1.165, 1.54) is 17.6 Å². The molecule has 0 amide bonds. The highest BCUT2D eigenvalue weighted by Gasteiger charge is 2.35. The number of rotatable bonds is 1. The molecule has 2 bridgehead atoms. The molecule has 0 aliphatic heterocycles. The summed E-state index contributed by atoms with van der Waals surface area (Å²) in [6.07, 6.45) is 6.96. The Kier molecular flexibility index (Phi) is 1.38. The van der Waals surface area contributed by atoms with E-state index < -0.39 is 0 Å². The second-order valence-corrected chi connectivity index (χ2v) is 3.55. The molecule has 3 aliphatic rings. The molecular weight excluding hydrogens is 144 g/mol. The van der Waals surface area contributed by atoms with E-state index in [0.29, 0.717) is 11.3 Å². The van der Waals surface area contributed by atoms with Crippen molar-refractivity contribution in [3.05, 3.63) is 23.3 Å². The van der Waals surface area contributed by atoms with E-state index in [4.69, 9.17) is 11.6 Å². The fraction of sp³-hybridized carbons (Fsp3) is 0.556. The third-order valence-corrected chi connectivity index (χ3v) is 3.01. The minimum Gasteiger partial charge on any atom is -0.118 e. The van der Waals surface area contributed by atoms with E-state index in [-0.39, 0.29) is 0 Å². The van der Waals surface area contributed by atoms with Gasteiger partial charge in [0.1, 0.15) is 0 Å². The van der Waals surface area contributed by atoms with Crippen molar-refractivity contribution in [3.8, 4) is 0 Å². The van der Waals surface area contributed by atoms with Crippen LogP contribution < -0.4 is 0 Å². The van der Waals surface area contributed by atoms with Crippen LogP contribution in [0.3, 0.4) is 0 Å². The Morgan fingerprint density at radius 2 is 2.50 bits per heavy atom. The van der Waals surface area contributed by atoms with E-state index in [1.807, 2.05) is 0 Å². The van der Waals surface area contributed by atoms with Crippen LogP contribution in [0.4, 0.5) is 0 Å². The first kappa shape index (κ1) is 6.48. The van der Waals surface area contributed by atoms with Crippen LogP contribution >= 0.6 is 11.6 Å². The van der Waals surface area contributed by atoms with Gasteiger partial charge in [-0.3, -0.25) is 0 Å². The van der Waals surface area contributed by atoms with Gasteiger partial charge in [0.2, 0.25) is 0 Å². The molecule has 0 aromatic carbocycles. The molecule has 1 saturated carbocycles. The molecule has 0 aromatic rings. The lowest BCUT2D eigenvalue weighted by molar-refractivity contribution is 0.507. The second-order valence-electron chi connectivity index (χ2n) is 3.08. The van der Waals surface area contributed by atoms with Gasteiger partial charge in [0, 0.05) is 5.92 Å². The molecule has 54 valence electrons. The SMILES string of the molecule is CCC1=CC2CC(=C1)C2Cl. The molecule has 3 aliphatic carbocycles. The van der Waals surface area contributed by atoms with Crippen molar-refractivity contribution in [2.75, 3.05) is 0 Å². The molecule has 1 heteroatoms. The lowest BCUT2D eigenvalue weighted by Crippen LogP contribution is -2.31. The highest BCUT2D eigenvalue weighted by molar-refractivity contribution is 6.23. The molecule has 2 atom stereocenters. The maximum atomic E-state index is 6.03. The molecule has 0 N–H and O–H groups in total. The molecule has 0 aromatic heterocycles. The number of halogens is 1. The van der Waals surface area contributed by atoms with Crippen molar-refractivity contribution in [1.82, 2.24) is 0 Å². The van der Waals surface area contributed by atoms with Crippen LogP contribution in [-0.4, -0.2) is 5.38 Å². The number of alkyl halides is 1. The predicted octanol–water partition coefficient (Wildman–Crippen LogP) is 2.89. The van der Waals surface area contributed by atoms with Gasteiger partial charge in [-0.1, -0.05) is 30.2 Å². The molecule has 3 rings (SSSR count). The minimum atomic E-state index is 0.343. The van der Waals surface area contributed by atoms with E-state index in [0.717, 1.165) is 6.42 Å². The standard InChI is InChI=1S/C9H11Cl/c1-2-6-3-7-5-8(4-6)9(7)10/h3-4,7,9H,2,5H2,1H3. The van der Waals surface area contributed by atoms with Crippen LogP contribution in [0.1, 0.15) is 19.8 Å². The molecule has 2 unspecified atom stereocenters. The third kappa shape index (κ3) is 0.751. The summed E-state index contributed by atoms with van der Waals surface area (Å²) in [4.78, 5) is 0. The molecule has 0 heterocycles. The first-order valence-corrected chi connectivity index (χ1v) is 4.30. The van der Waals surface area contributed by atoms with Crippen molar-refractivity contribution in [3.63, 3.8) is 0 Å². The molecule has 0 saturated heterocycles. The highest BCUT2D eigenvalue weighted by Crippen LogP contribution is 2.44. The Morgan fingerprint density at radius 3 is 2.90 bits per heavy atom. The largest absolute Gasteiger partial charge is 0.118 e. The number of allylic oxidation sites excluding steroid dienone is 4. The van der Waals surface area contributed by atoms with Crippen molar-refractivity contribution in [2.45, 2.75) is 25.1 Å². The third-order valence-electron chi connectivity index (χ3n) is 2.41. The van der Waals surface area contributed by atoms with Gasteiger partial charge in [0.25, 0.3) is 0 Å². The monoisotopic (exact) mass is 154 g/mol. The van der Waals surface area contributed by atoms with E-state index in [2.05, 4.69) is 19.1 Å². The van der Waals surface area contributed by atoms with E-state index in [9.17, 15) is 0 Å². The predicted molar refractivity (Wildman–Crippen MR) is 44.2 cm³/mol. The zero-order chi connectivity index (χ0) is 7.14. The fourth-order valence-electron chi connectivity index (χ4n) is 1.67.